The molecule has 1 saturated heterocycles. The highest BCUT2D eigenvalue weighted by molar-refractivity contribution is 5.91. The highest BCUT2D eigenvalue weighted by Gasteiger charge is 2.39. The summed E-state index contributed by atoms with van der Waals surface area (Å²) in [5.41, 5.74) is -0.296. The lowest BCUT2D eigenvalue weighted by molar-refractivity contribution is -0.141. The Balaban J connectivity index is 3.12. The van der Waals surface area contributed by atoms with Gasteiger partial charge in [-0.3, -0.25) is 14.5 Å². The monoisotopic (exact) mass is 423 g/mol. The Kier molecular flexibility index (Phi) is 9.08. The molecule has 172 valence electrons. The van der Waals surface area contributed by atoms with Crippen molar-refractivity contribution in [1.29, 1.82) is 0 Å². The van der Waals surface area contributed by atoms with Crippen molar-refractivity contribution in [3.05, 3.63) is 11.6 Å². The molecule has 0 spiro atoms. The topological polar surface area (TPSA) is 90.0 Å². The smallest absolute Gasteiger partial charge is 0.331 e. The summed E-state index contributed by atoms with van der Waals surface area (Å²) in [6, 6.07) is -1.33. The van der Waals surface area contributed by atoms with Crippen LogP contribution in [0, 0.1) is 17.3 Å². The summed E-state index contributed by atoms with van der Waals surface area (Å²) in [7, 11) is 3.63. The Hall–Kier alpha value is -1.89. The van der Waals surface area contributed by atoms with E-state index in [2.05, 4.69) is 17.1 Å². The summed E-state index contributed by atoms with van der Waals surface area (Å²) < 4.78 is 0. The molecule has 4 atom stereocenters. The van der Waals surface area contributed by atoms with Crippen LogP contribution in [0.3, 0.4) is 0 Å². The van der Waals surface area contributed by atoms with Crippen LogP contribution in [0.4, 0.5) is 0 Å². The van der Waals surface area contributed by atoms with Crippen molar-refractivity contribution in [3.63, 3.8) is 0 Å². The van der Waals surface area contributed by atoms with Gasteiger partial charge in [0, 0.05) is 12.6 Å². The third-order valence-electron chi connectivity index (χ3n) is 6.07. The summed E-state index contributed by atoms with van der Waals surface area (Å²) in [6.07, 6.45) is 3.46. The Morgan fingerprint density at radius 1 is 1.23 bits per heavy atom. The van der Waals surface area contributed by atoms with Crippen molar-refractivity contribution < 1.29 is 19.5 Å². The first-order valence-electron chi connectivity index (χ1n) is 10.9. The van der Waals surface area contributed by atoms with E-state index in [0.29, 0.717) is 5.92 Å². The molecule has 0 aromatic heterocycles. The summed E-state index contributed by atoms with van der Waals surface area (Å²) in [5, 5.41) is 12.3. The standard InChI is InChI=1S/C23H41N3O4/c1-14(2)17(13-16(4)22(29)30)26(9)21(28)19(23(5,6)7)24-20(27)18-12-15(3)10-11-25(18)8/h13-15,17-19H,10-12H2,1-9H3,(H,24,27)(H,29,30)/b16-13+/t15-,17+,18?,19+/m0/s1. The van der Waals surface area contributed by atoms with E-state index in [1.807, 2.05) is 41.7 Å². The molecule has 1 aliphatic heterocycles. The van der Waals surface area contributed by atoms with Gasteiger partial charge in [-0.1, -0.05) is 47.6 Å². The number of aliphatic carboxylic acids is 1. The second kappa shape index (κ2) is 10.4. The molecule has 2 N–H and O–H groups in total. The van der Waals surface area contributed by atoms with Crippen LogP contribution in [0.5, 0.6) is 0 Å². The van der Waals surface area contributed by atoms with Crippen molar-refractivity contribution in [2.75, 3.05) is 20.6 Å². The van der Waals surface area contributed by atoms with Crippen LogP contribution in [-0.4, -0.2) is 71.5 Å². The van der Waals surface area contributed by atoms with Crippen LogP contribution < -0.4 is 5.32 Å². The molecule has 0 saturated carbocycles. The van der Waals surface area contributed by atoms with Crippen LogP contribution >= 0.6 is 0 Å². The summed E-state index contributed by atoms with van der Waals surface area (Å²) in [6.45, 7) is 14.2. The zero-order chi connectivity index (χ0) is 23.4. The van der Waals surface area contributed by atoms with Gasteiger partial charge in [-0.05, 0) is 50.6 Å². The molecular weight excluding hydrogens is 382 g/mol. The Bertz CT molecular complexity index is 666. The average molecular weight is 424 g/mol. The predicted octanol–water partition coefficient (Wildman–Crippen LogP) is 2.76. The van der Waals surface area contributed by atoms with Gasteiger partial charge in [-0.2, -0.15) is 0 Å². The Morgan fingerprint density at radius 3 is 2.27 bits per heavy atom. The molecule has 30 heavy (non-hydrogen) atoms. The van der Waals surface area contributed by atoms with E-state index >= 15 is 0 Å². The SMILES string of the molecule is C/C(=C\[C@H](C(C)C)N(C)C(=O)[C@@H](NC(=O)C1C[C@@H](C)CCN1C)C(C)(C)C)C(=O)O. The van der Waals surface area contributed by atoms with Gasteiger partial charge in [0.25, 0.3) is 0 Å². The highest BCUT2D eigenvalue weighted by atomic mass is 16.4. The Labute approximate surface area is 181 Å². The molecule has 0 aromatic rings. The number of likely N-dealkylation sites (tertiary alicyclic amines) is 1. The average Bonchev–Trinajstić information content (AvgIpc) is 2.63. The second-order valence-corrected chi connectivity index (χ2v) is 10.3. The largest absolute Gasteiger partial charge is 0.478 e. The fourth-order valence-electron chi connectivity index (χ4n) is 3.88. The second-order valence-electron chi connectivity index (χ2n) is 10.3. The van der Waals surface area contributed by atoms with Gasteiger partial charge in [-0.15, -0.1) is 0 Å². The highest BCUT2D eigenvalue weighted by Crippen LogP contribution is 2.26. The van der Waals surface area contributed by atoms with Gasteiger partial charge >= 0.3 is 5.97 Å². The zero-order valence-corrected chi connectivity index (χ0v) is 20.2. The van der Waals surface area contributed by atoms with E-state index in [9.17, 15) is 19.5 Å². The van der Waals surface area contributed by atoms with E-state index in [0.717, 1.165) is 19.4 Å². The number of amides is 2. The van der Waals surface area contributed by atoms with Crippen LogP contribution in [0.2, 0.25) is 0 Å². The maximum absolute atomic E-state index is 13.5. The summed E-state index contributed by atoms with van der Waals surface area (Å²) >= 11 is 0. The van der Waals surface area contributed by atoms with Crippen molar-refractivity contribution in [2.24, 2.45) is 17.3 Å². The van der Waals surface area contributed by atoms with Gasteiger partial charge in [0.2, 0.25) is 11.8 Å². The number of carboxylic acids is 1. The van der Waals surface area contributed by atoms with E-state index in [1.54, 1.807) is 18.0 Å². The van der Waals surface area contributed by atoms with Crippen LogP contribution in [-0.2, 0) is 14.4 Å². The summed E-state index contributed by atoms with van der Waals surface area (Å²) in [4.78, 5) is 41.5. The van der Waals surface area contributed by atoms with Gasteiger partial charge in [0.05, 0.1) is 12.1 Å². The number of nitrogens with one attached hydrogen (secondary N) is 1. The molecule has 0 radical (unpaired) electrons. The van der Waals surface area contributed by atoms with E-state index in [-0.39, 0.29) is 35.4 Å². The molecule has 7 nitrogen and oxygen atoms in total. The third kappa shape index (κ3) is 6.83. The molecule has 0 aliphatic carbocycles. The van der Waals surface area contributed by atoms with E-state index in [1.165, 1.54) is 6.92 Å². The number of rotatable bonds is 7. The van der Waals surface area contributed by atoms with Crippen molar-refractivity contribution in [3.8, 4) is 0 Å². The molecule has 1 aliphatic rings. The van der Waals surface area contributed by atoms with Gasteiger partial charge < -0.3 is 15.3 Å². The minimum atomic E-state index is -1.00. The molecule has 1 fully saturated rings. The maximum Gasteiger partial charge on any atom is 0.331 e. The van der Waals surface area contributed by atoms with Crippen molar-refractivity contribution in [1.82, 2.24) is 15.1 Å². The molecular formula is C23H41N3O4. The minimum absolute atomic E-state index is 0.0231. The van der Waals surface area contributed by atoms with Gasteiger partial charge in [0.1, 0.15) is 6.04 Å². The van der Waals surface area contributed by atoms with Gasteiger partial charge in [-0.25, -0.2) is 4.79 Å². The van der Waals surface area contributed by atoms with Crippen LogP contribution in [0.1, 0.15) is 61.3 Å². The first-order valence-corrected chi connectivity index (χ1v) is 10.9. The quantitative estimate of drug-likeness (QED) is 0.615. The molecule has 7 heteroatoms. The Morgan fingerprint density at radius 2 is 1.80 bits per heavy atom. The molecule has 1 heterocycles. The number of carboxylic acid groups (broad SMARTS) is 1. The van der Waals surface area contributed by atoms with Crippen molar-refractivity contribution in [2.45, 2.75) is 79.4 Å². The number of carbonyl (C=O) groups excluding carboxylic acids is 2. The zero-order valence-electron chi connectivity index (χ0n) is 20.2. The van der Waals surface area contributed by atoms with Gasteiger partial charge in [0.15, 0.2) is 0 Å². The number of piperidine rings is 1. The van der Waals surface area contributed by atoms with E-state index < -0.39 is 17.4 Å². The predicted molar refractivity (Wildman–Crippen MR) is 119 cm³/mol. The number of likely N-dealkylation sites (N-methyl/N-ethyl adjacent to an activating group) is 2. The summed E-state index contributed by atoms with van der Waals surface area (Å²) in [5.74, 6) is -0.844. The lowest BCUT2D eigenvalue weighted by atomic mass is 9.84. The first-order chi connectivity index (χ1) is 13.7. The molecule has 1 unspecified atom stereocenters. The molecule has 2 amide bonds. The van der Waals surface area contributed by atoms with Crippen molar-refractivity contribution >= 4 is 17.8 Å². The number of carbonyl (C=O) groups is 3. The maximum atomic E-state index is 13.5. The molecule has 0 bridgehead atoms. The fraction of sp³-hybridized carbons (Fsp3) is 0.783. The van der Waals surface area contributed by atoms with E-state index in [4.69, 9.17) is 0 Å². The number of nitrogens with zero attached hydrogens (tertiary/aromatic N) is 2. The number of hydrogen-bond acceptors (Lipinski definition) is 4. The first kappa shape index (κ1) is 26.1. The minimum Gasteiger partial charge on any atom is -0.478 e. The fourth-order valence-corrected chi connectivity index (χ4v) is 3.88. The lowest BCUT2D eigenvalue weighted by Gasteiger charge is -2.40. The van der Waals surface area contributed by atoms with Crippen LogP contribution in [0.15, 0.2) is 11.6 Å². The van der Waals surface area contributed by atoms with Crippen LogP contribution in [0.25, 0.3) is 0 Å². The third-order valence-corrected chi connectivity index (χ3v) is 6.07. The normalized spacial score (nSPS) is 23.1. The molecule has 0 aromatic carbocycles. The molecule has 1 rings (SSSR count). The number of hydrogen-bond donors (Lipinski definition) is 2. The lowest BCUT2D eigenvalue weighted by Crippen LogP contribution is -2.60.